The van der Waals surface area contributed by atoms with Gasteiger partial charge < -0.3 is 16.2 Å². The first-order chi connectivity index (χ1) is 11.0. The highest BCUT2D eigenvalue weighted by atomic mass is 35.5. The molecule has 1 aliphatic carbocycles. The quantitative estimate of drug-likeness (QED) is 0.820. The minimum atomic E-state index is -0.616. The van der Waals surface area contributed by atoms with Crippen molar-refractivity contribution < 1.29 is 9.53 Å². The summed E-state index contributed by atoms with van der Waals surface area (Å²) in [4.78, 5) is 24.1. The van der Waals surface area contributed by atoms with Crippen LogP contribution in [-0.2, 0) is 21.6 Å². The van der Waals surface area contributed by atoms with Gasteiger partial charge in [0.25, 0.3) is 0 Å². The molecule has 7 nitrogen and oxygen atoms in total. The Kier molecular flexibility index (Phi) is 4.04. The van der Waals surface area contributed by atoms with Crippen LogP contribution in [0.5, 0.6) is 0 Å². The molecule has 1 aliphatic rings. The number of nitrogens with zero attached hydrogens (tertiary/aromatic N) is 3. The first-order valence-electron chi connectivity index (χ1n) is 7.19. The molecular formula is C15H16ClN5O2. The third kappa shape index (κ3) is 3.05. The minimum Gasteiger partial charge on any atom is -0.457 e. The Balaban J connectivity index is 1.74. The van der Waals surface area contributed by atoms with Gasteiger partial charge in [0.1, 0.15) is 0 Å². The van der Waals surface area contributed by atoms with Crippen LogP contribution >= 0.6 is 11.6 Å². The molecule has 1 saturated carbocycles. The topological polar surface area (TPSA) is 117 Å². The smallest absolute Gasteiger partial charge is 0.317 e. The van der Waals surface area contributed by atoms with Crippen LogP contribution in [0.3, 0.4) is 0 Å². The van der Waals surface area contributed by atoms with Crippen LogP contribution in [0.4, 0.5) is 11.9 Å². The number of rotatable bonds is 4. The lowest BCUT2D eigenvalue weighted by Gasteiger charge is -2.39. The van der Waals surface area contributed by atoms with E-state index in [1.54, 1.807) is 12.1 Å². The molecule has 0 atom stereocenters. The number of nitrogens with two attached hydrogens (primary N) is 2. The maximum Gasteiger partial charge on any atom is 0.317 e. The summed E-state index contributed by atoms with van der Waals surface area (Å²) in [7, 11) is 0. The van der Waals surface area contributed by atoms with Gasteiger partial charge in [-0.2, -0.15) is 15.0 Å². The third-order valence-corrected chi connectivity index (χ3v) is 4.30. The number of halogens is 1. The fraction of sp³-hybridized carbons (Fsp3) is 0.333. The Hall–Kier alpha value is -2.41. The Morgan fingerprint density at radius 2 is 1.74 bits per heavy atom. The molecule has 3 rings (SSSR count). The van der Waals surface area contributed by atoms with E-state index in [2.05, 4.69) is 15.0 Å². The minimum absolute atomic E-state index is 0.000363. The second-order valence-electron chi connectivity index (χ2n) is 5.49. The number of hydrogen-bond acceptors (Lipinski definition) is 7. The van der Waals surface area contributed by atoms with E-state index in [1.165, 1.54) is 0 Å². The fourth-order valence-corrected chi connectivity index (χ4v) is 2.83. The second kappa shape index (κ2) is 6.00. The predicted octanol–water partition coefficient (Wildman–Crippen LogP) is 1.85. The lowest BCUT2D eigenvalue weighted by molar-refractivity contribution is -0.156. The molecule has 2 aromatic rings. The highest BCUT2D eigenvalue weighted by Gasteiger charge is 2.47. The van der Waals surface area contributed by atoms with Gasteiger partial charge in [-0.3, -0.25) is 4.79 Å². The van der Waals surface area contributed by atoms with Crippen molar-refractivity contribution in [1.82, 2.24) is 15.0 Å². The molecule has 0 bridgehead atoms. The van der Waals surface area contributed by atoms with Gasteiger partial charge in [0.15, 0.2) is 12.4 Å². The van der Waals surface area contributed by atoms with Gasteiger partial charge in [0.2, 0.25) is 11.9 Å². The Morgan fingerprint density at radius 3 is 2.26 bits per heavy atom. The monoisotopic (exact) mass is 333 g/mol. The maximum atomic E-state index is 12.6. The third-order valence-electron chi connectivity index (χ3n) is 4.04. The normalized spacial score (nSPS) is 15.7. The van der Waals surface area contributed by atoms with E-state index < -0.39 is 5.41 Å². The molecule has 0 amide bonds. The van der Waals surface area contributed by atoms with Crippen molar-refractivity contribution in [2.75, 3.05) is 11.5 Å². The zero-order chi connectivity index (χ0) is 16.4. The molecule has 1 aromatic heterocycles. The van der Waals surface area contributed by atoms with Crippen molar-refractivity contribution >= 4 is 29.5 Å². The summed E-state index contributed by atoms with van der Waals surface area (Å²) >= 11 is 5.91. The zero-order valence-corrected chi connectivity index (χ0v) is 13.1. The molecule has 0 aliphatic heterocycles. The Morgan fingerprint density at radius 1 is 1.13 bits per heavy atom. The van der Waals surface area contributed by atoms with Crippen molar-refractivity contribution in [2.45, 2.75) is 31.3 Å². The molecule has 1 fully saturated rings. The zero-order valence-electron chi connectivity index (χ0n) is 12.3. The van der Waals surface area contributed by atoms with E-state index in [0.29, 0.717) is 5.02 Å². The highest BCUT2D eigenvalue weighted by molar-refractivity contribution is 6.30. The summed E-state index contributed by atoms with van der Waals surface area (Å²) in [5.41, 5.74) is 11.3. The summed E-state index contributed by atoms with van der Waals surface area (Å²) in [5.74, 6) is -0.0724. The van der Waals surface area contributed by atoms with E-state index >= 15 is 0 Å². The van der Waals surface area contributed by atoms with Crippen LogP contribution in [0, 0.1) is 0 Å². The largest absolute Gasteiger partial charge is 0.457 e. The summed E-state index contributed by atoms with van der Waals surface area (Å²) in [6.45, 7) is -0.0922. The van der Waals surface area contributed by atoms with Crippen LogP contribution in [0.1, 0.15) is 30.7 Å². The molecule has 8 heteroatoms. The van der Waals surface area contributed by atoms with E-state index in [4.69, 9.17) is 27.8 Å². The van der Waals surface area contributed by atoms with Crippen molar-refractivity contribution in [3.05, 3.63) is 40.7 Å². The van der Waals surface area contributed by atoms with Crippen molar-refractivity contribution in [3.8, 4) is 0 Å². The standard InChI is InChI=1S/C15H16ClN5O2/c16-10-4-2-9(3-5-10)15(6-1-7-15)12(22)23-8-11-19-13(17)21-14(18)20-11/h2-5H,1,6-8H2,(H4,17,18,19,20,21). The van der Waals surface area contributed by atoms with Gasteiger partial charge in [-0.05, 0) is 30.5 Å². The molecule has 120 valence electrons. The van der Waals surface area contributed by atoms with Gasteiger partial charge in [0, 0.05) is 5.02 Å². The lowest BCUT2D eigenvalue weighted by Crippen LogP contribution is -2.43. The lowest BCUT2D eigenvalue weighted by atomic mass is 9.64. The number of carbonyl (C=O) groups is 1. The van der Waals surface area contributed by atoms with Gasteiger partial charge in [-0.1, -0.05) is 30.2 Å². The van der Waals surface area contributed by atoms with E-state index in [0.717, 1.165) is 24.8 Å². The van der Waals surface area contributed by atoms with Crippen LogP contribution in [0.25, 0.3) is 0 Å². The van der Waals surface area contributed by atoms with Crippen LogP contribution in [0.15, 0.2) is 24.3 Å². The van der Waals surface area contributed by atoms with Gasteiger partial charge >= 0.3 is 5.97 Å². The highest BCUT2D eigenvalue weighted by Crippen LogP contribution is 2.45. The molecule has 1 aromatic carbocycles. The summed E-state index contributed by atoms with van der Waals surface area (Å²) in [6, 6.07) is 7.28. The first kappa shape index (κ1) is 15.5. The Labute approximate surface area is 138 Å². The number of anilines is 2. The summed E-state index contributed by atoms with van der Waals surface area (Å²) < 4.78 is 5.39. The van der Waals surface area contributed by atoms with E-state index in [-0.39, 0.29) is 30.3 Å². The molecule has 4 N–H and O–H groups in total. The number of nitrogen functional groups attached to an aromatic ring is 2. The molecular weight excluding hydrogens is 318 g/mol. The second-order valence-corrected chi connectivity index (χ2v) is 5.92. The summed E-state index contributed by atoms with van der Waals surface area (Å²) in [5, 5.41) is 0.632. The van der Waals surface area contributed by atoms with Crippen molar-refractivity contribution in [1.29, 1.82) is 0 Å². The molecule has 0 radical (unpaired) electrons. The van der Waals surface area contributed by atoms with Crippen LogP contribution < -0.4 is 11.5 Å². The Bertz CT molecular complexity index is 711. The molecule has 1 heterocycles. The average Bonchev–Trinajstić information content (AvgIpc) is 2.45. The number of carbonyl (C=O) groups excluding carboxylic acids is 1. The van der Waals surface area contributed by atoms with Crippen molar-refractivity contribution in [3.63, 3.8) is 0 Å². The average molecular weight is 334 g/mol. The van der Waals surface area contributed by atoms with Gasteiger partial charge in [-0.25, -0.2) is 0 Å². The van der Waals surface area contributed by atoms with E-state index in [1.807, 2.05) is 12.1 Å². The molecule has 0 unspecified atom stereocenters. The van der Waals surface area contributed by atoms with Gasteiger partial charge in [0.05, 0.1) is 5.41 Å². The SMILES string of the molecule is Nc1nc(N)nc(COC(=O)C2(c3ccc(Cl)cc3)CCC2)n1. The summed E-state index contributed by atoms with van der Waals surface area (Å²) in [6.07, 6.45) is 2.47. The molecule has 0 saturated heterocycles. The van der Waals surface area contributed by atoms with E-state index in [9.17, 15) is 4.79 Å². The number of hydrogen-bond donors (Lipinski definition) is 2. The number of esters is 1. The van der Waals surface area contributed by atoms with Gasteiger partial charge in [-0.15, -0.1) is 0 Å². The molecule has 0 spiro atoms. The van der Waals surface area contributed by atoms with Crippen LogP contribution in [0.2, 0.25) is 5.02 Å². The van der Waals surface area contributed by atoms with Crippen molar-refractivity contribution in [2.24, 2.45) is 0 Å². The fourth-order valence-electron chi connectivity index (χ4n) is 2.70. The number of aromatic nitrogens is 3. The number of benzene rings is 1. The molecule has 23 heavy (non-hydrogen) atoms. The van der Waals surface area contributed by atoms with Crippen LogP contribution in [-0.4, -0.2) is 20.9 Å². The number of ether oxygens (including phenoxy) is 1. The first-order valence-corrected chi connectivity index (χ1v) is 7.56. The maximum absolute atomic E-state index is 12.6. The predicted molar refractivity (Wildman–Crippen MR) is 85.4 cm³/mol.